The summed E-state index contributed by atoms with van der Waals surface area (Å²) in [5.41, 5.74) is 2.41. The number of carboxylic acids is 1. The van der Waals surface area contributed by atoms with Crippen molar-refractivity contribution >= 4 is 28.8 Å². The van der Waals surface area contributed by atoms with E-state index >= 15 is 0 Å². The molecule has 6 nitrogen and oxygen atoms in total. The Morgan fingerprint density at radius 1 is 1.42 bits per heavy atom. The van der Waals surface area contributed by atoms with Gasteiger partial charge in [0, 0.05) is 49.6 Å². The number of aliphatic carboxylic acids is 1. The molecule has 1 unspecified atom stereocenters. The van der Waals surface area contributed by atoms with Gasteiger partial charge in [-0.25, -0.2) is 0 Å². The number of carboxylic acid groups (broad SMARTS) is 1. The zero-order valence-corrected chi connectivity index (χ0v) is 13.5. The number of hydrogen-bond donors (Lipinski definition) is 2. The van der Waals surface area contributed by atoms with E-state index in [1.54, 1.807) is 13.0 Å². The summed E-state index contributed by atoms with van der Waals surface area (Å²) in [6.45, 7) is 4.30. The summed E-state index contributed by atoms with van der Waals surface area (Å²) >= 11 is 0. The summed E-state index contributed by atoms with van der Waals surface area (Å²) in [4.78, 5) is 30.5. The summed E-state index contributed by atoms with van der Waals surface area (Å²) in [5.74, 6) is -2.99. The third-order valence-electron chi connectivity index (χ3n) is 4.50. The Kier molecular flexibility index (Phi) is 4.62. The maximum absolute atomic E-state index is 13.0. The molecular weight excluding hydrogens is 313 g/mol. The number of piperazine rings is 1. The predicted molar refractivity (Wildman–Crippen MR) is 89.4 cm³/mol. The van der Waals surface area contributed by atoms with Gasteiger partial charge in [0.1, 0.15) is 0 Å². The molecule has 128 valence electrons. The van der Waals surface area contributed by atoms with Crippen LogP contribution in [0.15, 0.2) is 17.1 Å². The van der Waals surface area contributed by atoms with Gasteiger partial charge in [0.25, 0.3) is 0 Å². The molecule has 1 saturated heterocycles. The van der Waals surface area contributed by atoms with Crippen LogP contribution in [0.5, 0.6) is 0 Å². The van der Waals surface area contributed by atoms with Crippen LogP contribution in [0.25, 0.3) is 0 Å². The quantitative estimate of drug-likeness (QED) is 0.818. The predicted octanol–water partition coefficient (Wildman–Crippen LogP) is 1.60. The first-order valence-electron chi connectivity index (χ1n) is 8.03. The molecule has 1 atom stereocenters. The van der Waals surface area contributed by atoms with E-state index in [9.17, 15) is 19.1 Å². The number of benzene rings is 1. The lowest BCUT2D eigenvalue weighted by atomic mass is 9.86. The molecule has 0 radical (unpaired) electrons. The number of alkyl halides is 1. The second-order valence-electron chi connectivity index (χ2n) is 6.06. The monoisotopic (exact) mass is 333 g/mol. The van der Waals surface area contributed by atoms with Crippen molar-refractivity contribution in [3.8, 4) is 0 Å². The molecule has 7 heteroatoms. The van der Waals surface area contributed by atoms with E-state index in [4.69, 9.17) is 0 Å². The van der Waals surface area contributed by atoms with Gasteiger partial charge in [-0.2, -0.15) is 0 Å². The van der Waals surface area contributed by atoms with Crippen LogP contribution in [0.4, 0.5) is 15.8 Å². The zero-order valence-electron chi connectivity index (χ0n) is 13.5. The van der Waals surface area contributed by atoms with E-state index in [1.165, 1.54) is 0 Å². The summed E-state index contributed by atoms with van der Waals surface area (Å²) < 4.78 is 13.0. The molecule has 0 aromatic heterocycles. The molecule has 1 aromatic rings. The van der Waals surface area contributed by atoms with Gasteiger partial charge in [0.2, 0.25) is 0 Å². The van der Waals surface area contributed by atoms with Gasteiger partial charge >= 0.3 is 5.97 Å². The van der Waals surface area contributed by atoms with E-state index in [2.05, 4.69) is 15.2 Å². The first-order chi connectivity index (χ1) is 11.5. The minimum atomic E-state index is -1.28. The van der Waals surface area contributed by atoms with E-state index in [1.807, 2.05) is 6.07 Å². The average Bonchev–Trinajstić information content (AvgIpc) is 2.54. The Labute approximate surface area is 139 Å². The number of ketones is 1. The number of nitrogens with one attached hydrogen (secondary N) is 1. The van der Waals surface area contributed by atoms with Crippen molar-refractivity contribution in [1.29, 1.82) is 0 Å². The SMILES string of the molecule is CC1=Nc2cc(N3CCNCC3)cc(CCF)c2C(=O)C1C(=O)O. The number of aryl methyl sites for hydroxylation is 1. The fourth-order valence-corrected chi connectivity index (χ4v) is 3.33. The van der Waals surface area contributed by atoms with Crippen molar-refractivity contribution in [1.82, 2.24) is 5.32 Å². The van der Waals surface area contributed by atoms with Crippen LogP contribution in [-0.2, 0) is 11.2 Å². The normalized spacial score (nSPS) is 20.6. The van der Waals surface area contributed by atoms with Crippen LogP contribution in [0.3, 0.4) is 0 Å². The van der Waals surface area contributed by atoms with Gasteiger partial charge in [-0.15, -0.1) is 0 Å². The van der Waals surface area contributed by atoms with Gasteiger partial charge in [0.15, 0.2) is 11.7 Å². The number of rotatable bonds is 4. The second-order valence-corrected chi connectivity index (χ2v) is 6.06. The maximum atomic E-state index is 13.0. The van der Waals surface area contributed by atoms with Crippen LogP contribution >= 0.6 is 0 Å². The molecular formula is C17H20FN3O3. The smallest absolute Gasteiger partial charge is 0.320 e. The Morgan fingerprint density at radius 3 is 2.75 bits per heavy atom. The van der Waals surface area contributed by atoms with Gasteiger partial charge in [-0.3, -0.25) is 19.0 Å². The Balaban J connectivity index is 2.10. The highest BCUT2D eigenvalue weighted by molar-refractivity contribution is 6.27. The standard InChI is InChI=1S/C17H20FN3O3/c1-10-14(17(23)24)16(22)15-11(2-3-18)8-12(9-13(15)20-10)21-6-4-19-5-7-21/h8-9,14,19H,2-7H2,1H3,(H,23,24). The number of anilines is 1. The van der Waals surface area contributed by atoms with Crippen molar-refractivity contribution in [2.24, 2.45) is 10.9 Å². The van der Waals surface area contributed by atoms with E-state index in [0.29, 0.717) is 11.3 Å². The Hall–Kier alpha value is -2.28. The van der Waals surface area contributed by atoms with Crippen molar-refractivity contribution < 1.29 is 19.1 Å². The first kappa shape index (κ1) is 16.6. The number of Topliss-reactive ketones (excluding diaryl/α,β-unsaturated/α-hetero) is 1. The van der Waals surface area contributed by atoms with E-state index in [0.717, 1.165) is 31.9 Å². The maximum Gasteiger partial charge on any atom is 0.320 e. The third-order valence-corrected chi connectivity index (χ3v) is 4.50. The van der Waals surface area contributed by atoms with E-state index in [-0.39, 0.29) is 17.7 Å². The molecule has 2 aliphatic rings. The summed E-state index contributed by atoms with van der Waals surface area (Å²) in [7, 11) is 0. The lowest BCUT2D eigenvalue weighted by molar-refractivity contribution is -0.137. The Bertz CT molecular complexity index is 711. The van der Waals surface area contributed by atoms with Gasteiger partial charge in [0.05, 0.1) is 12.4 Å². The summed E-state index contributed by atoms with van der Waals surface area (Å²) in [6.07, 6.45) is 0.0783. The molecule has 0 aliphatic carbocycles. The topological polar surface area (TPSA) is 82.0 Å². The number of carbonyl (C=O) groups is 2. The molecule has 1 aromatic carbocycles. The minimum Gasteiger partial charge on any atom is -0.480 e. The molecule has 0 saturated carbocycles. The molecule has 0 bridgehead atoms. The number of nitrogens with zero attached hydrogens (tertiary/aromatic N) is 2. The fraction of sp³-hybridized carbons (Fsp3) is 0.471. The number of fused-ring (bicyclic) bond motifs is 1. The van der Waals surface area contributed by atoms with Crippen molar-refractivity contribution in [2.45, 2.75) is 13.3 Å². The van der Waals surface area contributed by atoms with Crippen LogP contribution in [0.2, 0.25) is 0 Å². The summed E-state index contributed by atoms with van der Waals surface area (Å²) in [6, 6.07) is 3.61. The average molecular weight is 333 g/mol. The van der Waals surface area contributed by atoms with Gasteiger partial charge < -0.3 is 15.3 Å². The lowest BCUT2D eigenvalue weighted by Crippen LogP contribution is -2.43. The van der Waals surface area contributed by atoms with Gasteiger partial charge in [-0.05, 0) is 24.6 Å². The highest BCUT2D eigenvalue weighted by atomic mass is 19.1. The highest BCUT2D eigenvalue weighted by Gasteiger charge is 2.36. The van der Waals surface area contributed by atoms with Gasteiger partial charge in [-0.1, -0.05) is 0 Å². The number of carbonyl (C=O) groups excluding carboxylic acids is 1. The number of aliphatic imine (C=N–C) groups is 1. The molecule has 2 N–H and O–H groups in total. The van der Waals surface area contributed by atoms with Crippen LogP contribution in [-0.4, -0.2) is 55.4 Å². The third kappa shape index (κ3) is 2.91. The fourth-order valence-electron chi connectivity index (χ4n) is 3.33. The second kappa shape index (κ2) is 6.68. The van der Waals surface area contributed by atoms with Crippen LogP contribution in [0, 0.1) is 5.92 Å². The number of halogens is 1. The Morgan fingerprint density at radius 2 is 2.12 bits per heavy atom. The first-order valence-corrected chi connectivity index (χ1v) is 8.03. The molecule has 24 heavy (non-hydrogen) atoms. The van der Waals surface area contributed by atoms with Crippen molar-refractivity contribution in [2.75, 3.05) is 37.8 Å². The van der Waals surface area contributed by atoms with Crippen molar-refractivity contribution in [3.63, 3.8) is 0 Å². The van der Waals surface area contributed by atoms with Crippen LogP contribution in [0.1, 0.15) is 22.8 Å². The molecule has 3 rings (SSSR count). The molecule has 2 heterocycles. The largest absolute Gasteiger partial charge is 0.480 e. The molecule has 2 aliphatic heterocycles. The molecule has 0 amide bonds. The zero-order chi connectivity index (χ0) is 17.3. The summed E-state index contributed by atoms with van der Waals surface area (Å²) in [5, 5.41) is 12.6. The minimum absolute atomic E-state index is 0.0783. The molecule has 0 spiro atoms. The number of hydrogen-bond acceptors (Lipinski definition) is 5. The highest BCUT2D eigenvalue weighted by Crippen LogP contribution is 2.36. The van der Waals surface area contributed by atoms with Crippen LogP contribution < -0.4 is 10.2 Å². The molecule has 1 fully saturated rings. The lowest BCUT2D eigenvalue weighted by Gasteiger charge is -2.31. The van der Waals surface area contributed by atoms with E-state index < -0.39 is 24.3 Å². The van der Waals surface area contributed by atoms with Crippen molar-refractivity contribution in [3.05, 3.63) is 23.3 Å².